The molecule has 1 amide bonds. The fourth-order valence-electron chi connectivity index (χ4n) is 2.79. The van der Waals surface area contributed by atoms with Crippen LogP contribution in [-0.4, -0.2) is 25.9 Å². The van der Waals surface area contributed by atoms with Crippen molar-refractivity contribution in [2.45, 2.75) is 44.1 Å². The molecular formula is C21H23FN4OS. The first kappa shape index (κ1) is 20.1. The predicted molar refractivity (Wildman–Crippen MR) is 109 cm³/mol. The summed E-state index contributed by atoms with van der Waals surface area (Å²) in [5.41, 5.74) is 2.99. The van der Waals surface area contributed by atoms with Crippen LogP contribution in [0.3, 0.4) is 0 Å². The Kier molecular flexibility index (Phi) is 6.14. The molecule has 3 rings (SSSR count). The van der Waals surface area contributed by atoms with Gasteiger partial charge < -0.3 is 5.32 Å². The number of hydrogen-bond donors (Lipinski definition) is 1. The van der Waals surface area contributed by atoms with Crippen molar-refractivity contribution in [1.82, 2.24) is 20.1 Å². The lowest BCUT2D eigenvalue weighted by Crippen LogP contribution is -2.33. The number of nitrogens with one attached hydrogen (secondary N) is 1. The van der Waals surface area contributed by atoms with Gasteiger partial charge in [0.1, 0.15) is 11.6 Å². The van der Waals surface area contributed by atoms with E-state index in [1.165, 1.54) is 29.5 Å². The van der Waals surface area contributed by atoms with Crippen LogP contribution in [0.5, 0.6) is 0 Å². The van der Waals surface area contributed by atoms with Gasteiger partial charge in [-0.15, -0.1) is 10.2 Å². The number of amides is 1. The molecule has 1 N–H and O–H groups in total. The van der Waals surface area contributed by atoms with Crippen LogP contribution in [0.25, 0.3) is 5.69 Å². The molecular weight excluding hydrogens is 375 g/mol. The van der Waals surface area contributed by atoms with Crippen LogP contribution < -0.4 is 5.32 Å². The number of nitrogens with zero attached hydrogens (tertiary/aromatic N) is 3. The highest BCUT2D eigenvalue weighted by Crippen LogP contribution is 2.26. The summed E-state index contributed by atoms with van der Waals surface area (Å²) in [7, 11) is 0. The predicted octanol–water partition coefficient (Wildman–Crippen LogP) is 4.38. The molecule has 1 heterocycles. The maximum Gasteiger partial charge on any atom is 0.233 e. The highest BCUT2D eigenvalue weighted by molar-refractivity contribution is 8.00. The molecule has 2 aromatic carbocycles. The monoisotopic (exact) mass is 398 g/mol. The first-order chi connectivity index (χ1) is 13.3. The second-order valence-electron chi connectivity index (χ2n) is 6.74. The quantitative estimate of drug-likeness (QED) is 0.626. The van der Waals surface area contributed by atoms with Crippen LogP contribution in [0, 0.1) is 19.7 Å². The summed E-state index contributed by atoms with van der Waals surface area (Å²) in [5, 5.41) is 11.7. The van der Waals surface area contributed by atoms with E-state index >= 15 is 0 Å². The van der Waals surface area contributed by atoms with E-state index in [0.29, 0.717) is 5.16 Å². The van der Waals surface area contributed by atoms with Gasteiger partial charge in [-0.25, -0.2) is 4.39 Å². The molecule has 28 heavy (non-hydrogen) atoms. The minimum Gasteiger partial charge on any atom is -0.349 e. The average molecular weight is 399 g/mol. The smallest absolute Gasteiger partial charge is 0.233 e. The molecule has 0 aliphatic carbocycles. The Labute approximate surface area is 168 Å². The zero-order valence-electron chi connectivity index (χ0n) is 16.3. The third-order valence-electron chi connectivity index (χ3n) is 4.47. The molecule has 0 aliphatic rings. The number of carbonyl (C=O) groups is 1. The summed E-state index contributed by atoms with van der Waals surface area (Å²) in [6.07, 6.45) is 0. The molecule has 0 saturated heterocycles. The van der Waals surface area contributed by atoms with Gasteiger partial charge >= 0.3 is 0 Å². The SMILES string of the molecule is Cc1ccc(-n2c(C)nnc2S[C@@H](C)C(=O)N[C@H](C)c2ccc(F)cc2)cc1. The van der Waals surface area contributed by atoms with Crippen LogP contribution >= 0.6 is 11.8 Å². The lowest BCUT2D eigenvalue weighted by Gasteiger charge is -2.18. The Morgan fingerprint density at radius 1 is 1.04 bits per heavy atom. The minimum atomic E-state index is -0.365. The summed E-state index contributed by atoms with van der Waals surface area (Å²) in [5.74, 6) is 0.355. The van der Waals surface area contributed by atoms with E-state index < -0.39 is 0 Å². The van der Waals surface area contributed by atoms with Crippen molar-refractivity contribution in [2.75, 3.05) is 0 Å². The van der Waals surface area contributed by atoms with Crippen molar-refractivity contribution in [3.63, 3.8) is 0 Å². The number of benzene rings is 2. The van der Waals surface area contributed by atoms with Gasteiger partial charge in [0, 0.05) is 5.69 Å². The summed E-state index contributed by atoms with van der Waals surface area (Å²) in [6.45, 7) is 7.63. The first-order valence-corrected chi connectivity index (χ1v) is 9.94. The van der Waals surface area contributed by atoms with Gasteiger partial charge in [-0.2, -0.15) is 0 Å². The third kappa shape index (κ3) is 4.59. The van der Waals surface area contributed by atoms with Crippen molar-refractivity contribution >= 4 is 17.7 Å². The van der Waals surface area contributed by atoms with Gasteiger partial charge in [-0.3, -0.25) is 9.36 Å². The highest BCUT2D eigenvalue weighted by atomic mass is 32.2. The van der Waals surface area contributed by atoms with Crippen LogP contribution in [0.1, 0.15) is 36.8 Å². The fraction of sp³-hybridized carbons (Fsp3) is 0.286. The molecule has 0 aliphatic heterocycles. The second-order valence-corrected chi connectivity index (χ2v) is 8.05. The molecule has 0 radical (unpaired) electrons. The van der Waals surface area contributed by atoms with Crippen molar-refractivity contribution in [3.05, 3.63) is 71.3 Å². The lowest BCUT2D eigenvalue weighted by atomic mass is 10.1. The largest absolute Gasteiger partial charge is 0.349 e. The number of thioether (sulfide) groups is 1. The first-order valence-electron chi connectivity index (χ1n) is 9.06. The van der Waals surface area contributed by atoms with Crippen molar-refractivity contribution in [1.29, 1.82) is 0 Å². The maximum atomic E-state index is 13.1. The van der Waals surface area contributed by atoms with Gasteiger partial charge in [-0.05, 0) is 57.5 Å². The number of carbonyl (C=O) groups excluding carboxylic acids is 1. The Morgan fingerprint density at radius 2 is 1.68 bits per heavy atom. The number of aromatic nitrogens is 3. The third-order valence-corrected chi connectivity index (χ3v) is 5.51. The summed E-state index contributed by atoms with van der Waals surface area (Å²) < 4.78 is 15.0. The van der Waals surface area contributed by atoms with Crippen LogP contribution in [0.2, 0.25) is 0 Å². The molecule has 146 valence electrons. The van der Waals surface area contributed by atoms with Gasteiger partial charge in [0.25, 0.3) is 0 Å². The van der Waals surface area contributed by atoms with E-state index in [0.717, 1.165) is 17.1 Å². The Morgan fingerprint density at radius 3 is 2.32 bits per heavy atom. The number of aryl methyl sites for hydroxylation is 2. The molecule has 5 nitrogen and oxygen atoms in total. The van der Waals surface area contributed by atoms with E-state index in [1.54, 1.807) is 12.1 Å². The van der Waals surface area contributed by atoms with E-state index in [9.17, 15) is 9.18 Å². The standard InChI is InChI=1S/C21H23FN4OS/c1-13-5-11-19(12-6-13)26-16(4)24-25-21(26)28-15(3)20(27)23-14(2)17-7-9-18(22)10-8-17/h5-12,14-15H,1-4H3,(H,23,27)/t14-,15+/m1/s1. The Bertz CT molecular complexity index is 954. The fourth-order valence-corrected chi connectivity index (χ4v) is 3.71. The number of rotatable bonds is 6. The molecule has 2 atom stereocenters. The zero-order chi connectivity index (χ0) is 20.3. The maximum absolute atomic E-state index is 13.1. The minimum absolute atomic E-state index is 0.113. The molecule has 0 bridgehead atoms. The number of halogens is 1. The Hall–Kier alpha value is -2.67. The van der Waals surface area contributed by atoms with E-state index in [4.69, 9.17) is 0 Å². The van der Waals surface area contributed by atoms with Crippen molar-refractivity contribution in [3.8, 4) is 5.69 Å². The summed E-state index contributed by atoms with van der Waals surface area (Å²) >= 11 is 1.36. The highest BCUT2D eigenvalue weighted by Gasteiger charge is 2.21. The van der Waals surface area contributed by atoms with Gasteiger partial charge in [0.2, 0.25) is 5.91 Å². The second kappa shape index (κ2) is 8.56. The molecule has 3 aromatic rings. The van der Waals surface area contributed by atoms with Crippen LogP contribution in [0.4, 0.5) is 4.39 Å². The van der Waals surface area contributed by atoms with Gasteiger partial charge in [-0.1, -0.05) is 41.6 Å². The van der Waals surface area contributed by atoms with E-state index in [1.807, 2.05) is 56.5 Å². The molecule has 0 spiro atoms. The summed E-state index contributed by atoms with van der Waals surface area (Å²) in [4.78, 5) is 12.6. The van der Waals surface area contributed by atoms with E-state index in [-0.39, 0.29) is 23.0 Å². The van der Waals surface area contributed by atoms with Crippen LogP contribution in [-0.2, 0) is 4.79 Å². The van der Waals surface area contributed by atoms with Crippen molar-refractivity contribution < 1.29 is 9.18 Å². The van der Waals surface area contributed by atoms with Crippen molar-refractivity contribution in [2.24, 2.45) is 0 Å². The topological polar surface area (TPSA) is 59.8 Å². The Balaban J connectivity index is 1.70. The van der Waals surface area contributed by atoms with E-state index in [2.05, 4.69) is 15.5 Å². The molecule has 0 unspecified atom stereocenters. The normalized spacial score (nSPS) is 13.2. The average Bonchev–Trinajstić information content (AvgIpc) is 3.03. The number of hydrogen-bond acceptors (Lipinski definition) is 4. The molecule has 0 fully saturated rings. The molecule has 1 aromatic heterocycles. The molecule has 7 heteroatoms. The zero-order valence-corrected chi connectivity index (χ0v) is 17.1. The van der Waals surface area contributed by atoms with Gasteiger partial charge in [0.05, 0.1) is 11.3 Å². The lowest BCUT2D eigenvalue weighted by molar-refractivity contribution is -0.120. The molecule has 0 saturated carbocycles. The summed E-state index contributed by atoms with van der Waals surface area (Å²) in [6, 6.07) is 14.0. The van der Waals surface area contributed by atoms with Gasteiger partial charge in [0.15, 0.2) is 5.16 Å². The van der Waals surface area contributed by atoms with Crippen LogP contribution in [0.15, 0.2) is 53.7 Å².